The van der Waals surface area contributed by atoms with Crippen molar-refractivity contribution >= 4 is 17.3 Å². The molecular weight excluding hydrogens is 220 g/mol. The molecule has 0 bridgehead atoms. The number of Topliss-reactive ketones (excluding diaryl/α,β-unsaturated/α-hetero) is 3. The Bertz CT molecular complexity index is 458. The van der Waals surface area contributed by atoms with Gasteiger partial charge in [-0.3, -0.25) is 19.1 Å². The summed E-state index contributed by atoms with van der Waals surface area (Å²) in [6.45, 7) is 0. The van der Waals surface area contributed by atoms with Crippen molar-refractivity contribution in [1.82, 2.24) is 9.78 Å². The highest BCUT2D eigenvalue weighted by Gasteiger charge is 2.35. The minimum absolute atomic E-state index is 0.195. The van der Waals surface area contributed by atoms with Crippen LogP contribution in [-0.4, -0.2) is 27.1 Å². The number of hydrogen-bond acceptors (Lipinski definition) is 4. The third kappa shape index (κ3) is 2.33. The Kier molecular flexibility index (Phi) is 3.17. The molecule has 0 aliphatic heterocycles. The minimum Gasteiger partial charge on any atom is -0.298 e. The molecule has 1 saturated carbocycles. The zero-order valence-electron chi connectivity index (χ0n) is 9.68. The molecule has 0 saturated heterocycles. The van der Waals surface area contributed by atoms with E-state index in [1.54, 1.807) is 13.2 Å². The number of aryl methyl sites for hydroxylation is 1. The third-order valence-corrected chi connectivity index (χ3v) is 2.97. The molecule has 1 aliphatic carbocycles. The molecule has 0 atom stereocenters. The number of rotatable bonds is 2. The van der Waals surface area contributed by atoms with E-state index in [1.807, 2.05) is 0 Å². The van der Waals surface area contributed by atoms with Gasteiger partial charge in [-0.05, 0) is 18.9 Å². The van der Waals surface area contributed by atoms with Gasteiger partial charge in [0.25, 0.3) is 0 Å². The first kappa shape index (κ1) is 11.7. The zero-order chi connectivity index (χ0) is 12.4. The Labute approximate surface area is 98.8 Å². The molecule has 2 rings (SSSR count). The second-order valence-corrected chi connectivity index (χ2v) is 4.31. The number of nitrogens with zero attached hydrogens (tertiary/aromatic N) is 2. The monoisotopic (exact) mass is 234 g/mol. The summed E-state index contributed by atoms with van der Waals surface area (Å²) in [6.07, 6.45) is 3.63. The highest BCUT2D eigenvalue weighted by atomic mass is 16.2. The molecule has 5 heteroatoms. The Morgan fingerprint density at radius 1 is 1.29 bits per heavy atom. The van der Waals surface area contributed by atoms with Crippen LogP contribution in [0.3, 0.4) is 0 Å². The topological polar surface area (TPSA) is 69.0 Å². The quantitative estimate of drug-likeness (QED) is 0.433. The maximum Gasteiger partial charge on any atom is 0.200 e. The molecule has 90 valence electrons. The summed E-state index contributed by atoms with van der Waals surface area (Å²) in [5.41, 5.74) is 0.195. The van der Waals surface area contributed by atoms with Gasteiger partial charge in [0.2, 0.25) is 5.78 Å². The molecule has 17 heavy (non-hydrogen) atoms. The zero-order valence-corrected chi connectivity index (χ0v) is 9.68. The second-order valence-electron chi connectivity index (χ2n) is 4.31. The Morgan fingerprint density at radius 2 is 1.88 bits per heavy atom. The molecule has 1 aromatic rings. The van der Waals surface area contributed by atoms with Crippen LogP contribution < -0.4 is 0 Å². The maximum absolute atomic E-state index is 12.1. The first-order chi connectivity index (χ1) is 8.09. The van der Waals surface area contributed by atoms with Gasteiger partial charge in [-0.1, -0.05) is 0 Å². The lowest BCUT2D eigenvalue weighted by Crippen LogP contribution is -2.30. The maximum atomic E-state index is 12.1. The van der Waals surface area contributed by atoms with E-state index >= 15 is 0 Å². The van der Waals surface area contributed by atoms with Crippen LogP contribution in [-0.2, 0) is 16.6 Å². The standard InChI is InChI=1S/C12H14N2O3/c1-14-7-6-8(13-14)12(17)11-9(15)4-2-3-5-10(11)16/h6-7,11H,2-5H2,1H3. The van der Waals surface area contributed by atoms with Crippen LogP contribution in [0.1, 0.15) is 36.2 Å². The van der Waals surface area contributed by atoms with Crippen molar-refractivity contribution in [1.29, 1.82) is 0 Å². The molecule has 5 nitrogen and oxygen atoms in total. The van der Waals surface area contributed by atoms with E-state index in [1.165, 1.54) is 10.7 Å². The van der Waals surface area contributed by atoms with Crippen molar-refractivity contribution in [3.63, 3.8) is 0 Å². The molecule has 1 heterocycles. The van der Waals surface area contributed by atoms with E-state index in [-0.39, 0.29) is 17.3 Å². The van der Waals surface area contributed by atoms with Crippen molar-refractivity contribution < 1.29 is 14.4 Å². The smallest absolute Gasteiger partial charge is 0.200 e. The van der Waals surface area contributed by atoms with Gasteiger partial charge >= 0.3 is 0 Å². The molecule has 1 fully saturated rings. The average Bonchev–Trinajstić information content (AvgIpc) is 2.64. The molecule has 0 spiro atoms. The van der Waals surface area contributed by atoms with Crippen LogP contribution in [0.5, 0.6) is 0 Å². The normalized spacial score (nSPS) is 18.2. The molecule has 0 amide bonds. The van der Waals surface area contributed by atoms with Crippen LogP contribution in [0.2, 0.25) is 0 Å². The molecule has 0 aromatic carbocycles. The van der Waals surface area contributed by atoms with Crippen molar-refractivity contribution in [3.05, 3.63) is 18.0 Å². The lowest BCUT2D eigenvalue weighted by atomic mass is 9.91. The third-order valence-electron chi connectivity index (χ3n) is 2.97. The molecule has 0 unspecified atom stereocenters. The van der Waals surface area contributed by atoms with E-state index in [9.17, 15) is 14.4 Å². The van der Waals surface area contributed by atoms with E-state index in [4.69, 9.17) is 0 Å². The lowest BCUT2D eigenvalue weighted by molar-refractivity contribution is -0.129. The number of carbonyl (C=O) groups excluding carboxylic acids is 3. The van der Waals surface area contributed by atoms with E-state index in [0.717, 1.165) is 0 Å². The SMILES string of the molecule is Cn1ccc(C(=O)C2C(=O)CCCCC2=O)n1. The molecule has 1 aromatic heterocycles. The summed E-state index contributed by atoms with van der Waals surface area (Å²) >= 11 is 0. The number of aromatic nitrogens is 2. The van der Waals surface area contributed by atoms with Gasteiger partial charge in [0.05, 0.1) is 0 Å². The molecule has 0 radical (unpaired) electrons. The first-order valence-corrected chi connectivity index (χ1v) is 5.69. The summed E-state index contributed by atoms with van der Waals surface area (Å²) in [6, 6.07) is 1.54. The van der Waals surface area contributed by atoms with Crippen LogP contribution in [0.25, 0.3) is 0 Å². The highest BCUT2D eigenvalue weighted by Crippen LogP contribution is 2.20. The van der Waals surface area contributed by atoms with Gasteiger partial charge < -0.3 is 0 Å². The second kappa shape index (κ2) is 4.61. The number of ketones is 3. The van der Waals surface area contributed by atoms with Gasteiger partial charge in [-0.2, -0.15) is 5.10 Å². The van der Waals surface area contributed by atoms with Crippen molar-refractivity contribution in [2.45, 2.75) is 25.7 Å². The Hall–Kier alpha value is -1.78. The Morgan fingerprint density at radius 3 is 2.35 bits per heavy atom. The summed E-state index contributed by atoms with van der Waals surface area (Å²) in [4.78, 5) is 35.6. The molecule has 1 aliphatic rings. The van der Waals surface area contributed by atoms with Gasteiger partial charge in [0, 0.05) is 26.1 Å². The lowest BCUT2D eigenvalue weighted by Gasteiger charge is -2.08. The highest BCUT2D eigenvalue weighted by molar-refractivity contribution is 6.23. The van der Waals surface area contributed by atoms with E-state index < -0.39 is 11.7 Å². The van der Waals surface area contributed by atoms with Crippen LogP contribution in [0, 0.1) is 5.92 Å². The summed E-state index contributed by atoms with van der Waals surface area (Å²) in [7, 11) is 1.69. The largest absolute Gasteiger partial charge is 0.298 e. The van der Waals surface area contributed by atoms with Crippen LogP contribution in [0.4, 0.5) is 0 Å². The van der Waals surface area contributed by atoms with Crippen LogP contribution in [0.15, 0.2) is 12.3 Å². The van der Waals surface area contributed by atoms with Gasteiger partial charge in [-0.15, -0.1) is 0 Å². The number of carbonyl (C=O) groups is 3. The van der Waals surface area contributed by atoms with Crippen molar-refractivity contribution in [2.24, 2.45) is 13.0 Å². The summed E-state index contributed by atoms with van der Waals surface area (Å²) in [5, 5.41) is 3.95. The minimum atomic E-state index is -1.12. The predicted octanol–water partition coefficient (Wildman–Crippen LogP) is 0.931. The van der Waals surface area contributed by atoms with Crippen LogP contribution >= 0.6 is 0 Å². The predicted molar refractivity (Wildman–Crippen MR) is 59.5 cm³/mol. The average molecular weight is 234 g/mol. The fourth-order valence-corrected chi connectivity index (χ4v) is 2.05. The van der Waals surface area contributed by atoms with E-state index in [0.29, 0.717) is 25.7 Å². The first-order valence-electron chi connectivity index (χ1n) is 5.69. The molecule has 0 N–H and O–H groups in total. The van der Waals surface area contributed by atoms with Crippen molar-refractivity contribution in [2.75, 3.05) is 0 Å². The Balaban J connectivity index is 2.27. The van der Waals surface area contributed by atoms with Gasteiger partial charge in [-0.25, -0.2) is 0 Å². The summed E-state index contributed by atoms with van der Waals surface area (Å²) in [5.74, 6) is -2.10. The van der Waals surface area contributed by atoms with E-state index in [2.05, 4.69) is 5.10 Å². The van der Waals surface area contributed by atoms with Gasteiger partial charge in [0.1, 0.15) is 11.6 Å². The number of hydrogen-bond donors (Lipinski definition) is 0. The van der Waals surface area contributed by atoms with Gasteiger partial charge in [0.15, 0.2) is 11.6 Å². The fraction of sp³-hybridized carbons (Fsp3) is 0.500. The molecular formula is C12H14N2O3. The summed E-state index contributed by atoms with van der Waals surface area (Å²) < 4.78 is 1.49. The fourth-order valence-electron chi connectivity index (χ4n) is 2.05. The van der Waals surface area contributed by atoms with Crippen molar-refractivity contribution in [3.8, 4) is 0 Å².